The molecule has 0 aliphatic carbocycles. The summed E-state index contributed by atoms with van der Waals surface area (Å²) in [6.45, 7) is 4.35. The first-order valence-corrected chi connectivity index (χ1v) is 7.16. The number of aryl methyl sites for hydroxylation is 1. The van der Waals surface area contributed by atoms with Crippen LogP contribution in [0.2, 0.25) is 0 Å². The summed E-state index contributed by atoms with van der Waals surface area (Å²) in [7, 11) is 0. The third kappa shape index (κ3) is 2.23. The van der Waals surface area contributed by atoms with Gasteiger partial charge in [-0.1, -0.05) is 18.2 Å². The lowest BCUT2D eigenvalue weighted by Gasteiger charge is -2.10. The second-order valence-electron chi connectivity index (χ2n) is 4.75. The van der Waals surface area contributed by atoms with Crippen LogP contribution in [0.15, 0.2) is 36.4 Å². The van der Waals surface area contributed by atoms with Crippen molar-refractivity contribution in [1.82, 2.24) is 9.55 Å². The number of aromatic amines is 1. The van der Waals surface area contributed by atoms with Crippen molar-refractivity contribution in [3.8, 4) is 11.4 Å². The van der Waals surface area contributed by atoms with Gasteiger partial charge in [-0.05, 0) is 49.8 Å². The molecule has 0 spiro atoms. The Balaban J connectivity index is 2.37. The Hall–Kier alpha value is -2.14. The summed E-state index contributed by atoms with van der Waals surface area (Å²) < 4.78 is 22.0. The van der Waals surface area contributed by atoms with Crippen LogP contribution < -0.4 is 4.74 Å². The molecule has 0 radical (unpaired) electrons. The average Bonchev–Trinajstić information content (AvgIpc) is 2.77. The van der Waals surface area contributed by atoms with E-state index in [4.69, 9.17) is 17.0 Å². The maximum absolute atomic E-state index is 14.3. The number of hydrogen-bond donors (Lipinski definition) is 1. The van der Waals surface area contributed by atoms with Gasteiger partial charge < -0.3 is 9.72 Å². The SMILES string of the molecule is CCOc1cccc2c1[nH]c(=S)n2-c1c(C)cccc1F. The van der Waals surface area contributed by atoms with Crippen molar-refractivity contribution in [2.45, 2.75) is 13.8 Å². The fourth-order valence-corrected chi connectivity index (χ4v) is 2.80. The zero-order valence-corrected chi connectivity index (χ0v) is 12.6. The van der Waals surface area contributed by atoms with E-state index < -0.39 is 0 Å². The molecule has 3 aromatic rings. The van der Waals surface area contributed by atoms with Gasteiger partial charge in [0, 0.05) is 0 Å². The summed E-state index contributed by atoms with van der Waals surface area (Å²) in [5.41, 5.74) is 2.89. The normalized spacial score (nSPS) is 11.0. The number of fused-ring (bicyclic) bond motifs is 1. The maximum Gasteiger partial charge on any atom is 0.182 e. The van der Waals surface area contributed by atoms with Gasteiger partial charge in [-0.15, -0.1) is 0 Å². The highest BCUT2D eigenvalue weighted by Crippen LogP contribution is 2.29. The topological polar surface area (TPSA) is 29.9 Å². The minimum atomic E-state index is -0.297. The first-order chi connectivity index (χ1) is 10.1. The number of H-pyrrole nitrogens is 1. The molecule has 0 unspecified atom stereocenters. The predicted octanol–water partition coefficient (Wildman–Crippen LogP) is 4.53. The number of ether oxygens (including phenoxy) is 1. The molecule has 0 aliphatic heterocycles. The van der Waals surface area contributed by atoms with Gasteiger partial charge in [-0.2, -0.15) is 0 Å². The van der Waals surface area contributed by atoms with Crippen LogP contribution >= 0.6 is 12.2 Å². The molecule has 0 aliphatic rings. The lowest BCUT2D eigenvalue weighted by atomic mass is 10.2. The Morgan fingerprint density at radius 1 is 1.24 bits per heavy atom. The molecule has 1 aromatic heterocycles. The van der Waals surface area contributed by atoms with E-state index in [0.717, 1.165) is 16.6 Å². The highest BCUT2D eigenvalue weighted by atomic mass is 32.1. The Morgan fingerprint density at radius 2 is 2.00 bits per heavy atom. The largest absolute Gasteiger partial charge is 0.492 e. The number of rotatable bonds is 3. The van der Waals surface area contributed by atoms with Crippen LogP contribution in [0, 0.1) is 17.5 Å². The van der Waals surface area contributed by atoms with Crippen molar-refractivity contribution in [3.05, 3.63) is 52.5 Å². The van der Waals surface area contributed by atoms with E-state index in [2.05, 4.69) is 4.98 Å². The lowest BCUT2D eigenvalue weighted by molar-refractivity contribution is 0.343. The molecule has 2 aromatic carbocycles. The molecule has 108 valence electrons. The van der Waals surface area contributed by atoms with E-state index in [-0.39, 0.29) is 5.82 Å². The van der Waals surface area contributed by atoms with Gasteiger partial charge in [0.15, 0.2) is 4.77 Å². The summed E-state index contributed by atoms with van der Waals surface area (Å²) in [6.07, 6.45) is 0. The van der Waals surface area contributed by atoms with Crippen LogP contribution in [0.5, 0.6) is 5.75 Å². The number of para-hydroxylation sites is 2. The monoisotopic (exact) mass is 302 g/mol. The average molecular weight is 302 g/mol. The Kier molecular flexibility index (Phi) is 3.51. The van der Waals surface area contributed by atoms with Gasteiger partial charge >= 0.3 is 0 Å². The summed E-state index contributed by atoms with van der Waals surface area (Å²) in [5.74, 6) is 0.419. The highest BCUT2D eigenvalue weighted by molar-refractivity contribution is 7.71. The molecule has 3 nitrogen and oxygen atoms in total. The predicted molar refractivity (Wildman–Crippen MR) is 84.3 cm³/mol. The quantitative estimate of drug-likeness (QED) is 0.720. The standard InChI is InChI=1S/C16H15FN2OS/c1-3-20-13-9-5-8-12-14(13)18-16(21)19(12)15-10(2)6-4-7-11(15)17/h4-9H,3H2,1-2H3,(H,18,21). The van der Waals surface area contributed by atoms with Crippen molar-refractivity contribution >= 4 is 23.3 Å². The highest BCUT2D eigenvalue weighted by Gasteiger charge is 2.15. The summed E-state index contributed by atoms with van der Waals surface area (Å²) in [6, 6.07) is 10.6. The summed E-state index contributed by atoms with van der Waals surface area (Å²) >= 11 is 5.38. The van der Waals surface area contributed by atoms with E-state index in [0.29, 0.717) is 22.8 Å². The minimum Gasteiger partial charge on any atom is -0.492 e. The van der Waals surface area contributed by atoms with Crippen LogP contribution in [0.3, 0.4) is 0 Å². The number of hydrogen-bond acceptors (Lipinski definition) is 2. The van der Waals surface area contributed by atoms with Crippen LogP contribution in [-0.4, -0.2) is 16.2 Å². The van der Waals surface area contributed by atoms with E-state index >= 15 is 0 Å². The molecule has 21 heavy (non-hydrogen) atoms. The zero-order valence-electron chi connectivity index (χ0n) is 11.8. The fraction of sp³-hybridized carbons (Fsp3) is 0.188. The smallest absolute Gasteiger partial charge is 0.182 e. The molecule has 1 N–H and O–H groups in total. The minimum absolute atomic E-state index is 0.297. The van der Waals surface area contributed by atoms with Gasteiger partial charge in [-0.25, -0.2) is 4.39 Å². The molecule has 5 heteroatoms. The molecule has 0 amide bonds. The number of halogens is 1. The molecular formula is C16H15FN2OS. The Bertz CT molecular complexity index is 846. The molecule has 1 heterocycles. The van der Waals surface area contributed by atoms with Crippen molar-refractivity contribution in [3.63, 3.8) is 0 Å². The number of imidazole rings is 1. The number of nitrogens with one attached hydrogen (secondary N) is 1. The Morgan fingerprint density at radius 3 is 2.71 bits per heavy atom. The van der Waals surface area contributed by atoms with Crippen molar-refractivity contribution in [2.24, 2.45) is 0 Å². The molecule has 0 bridgehead atoms. The third-order valence-corrected chi connectivity index (χ3v) is 3.68. The Labute approximate surface area is 127 Å². The van der Waals surface area contributed by atoms with E-state index in [1.807, 2.05) is 38.1 Å². The van der Waals surface area contributed by atoms with Gasteiger partial charge in [0.05, 0.1) is 17.8 Å². The van der Waals surface area contributed by atoms with Gasteiger partial charge in [0.1, 0.15) is 17.1 Å². The van der Waals surface area contributed by atoms with Crippen LogP contribution in [0.4, 0.5) is 4.39 Å². The van der Waals surface area contributed by atoms with E-state index in [9.17, 15) is 4.39 Å². The van der Waals surface area contributed by atoms with Crippen molar-refractivity contribution < 1.29 is 9.13 Å². The van der Waals surface area contributed by atoms with Crippen LogP contribution in [0.1, 0.15) is 12.5 Å². The third-order valence-electron chi connectivity index (χ3n) is 3.39. The first kappa shape index (κ1) is 13.8. The number of benzene rings is 2. The summed E-state index contributed by atoms with van der Waals surface area (Å²) in [4.78, 5) is 3.12. The number of nitrogens with zero attached hydrogens (tertiary/aromatic N) is 1. The molecule has 0 saturated heterocycles. The first-order valence-electron chi connectivity index (χ1n) is 6.75. The molecule has 3 rings (SSSR count). The lowest BCUT2D eigenvalue weighted by Crippen LogP contribution is -2.00. The van der Waals surface area contributed by atoms with Crippen molar-refractivity contribution in [1.29, 1.82) is 0 Å². The molecule has 0 atom stereocenters. The van der Waals surface area contributed by atoms with E-state index in [1.165, 1.54) is 6.07 Å². The molecular weight excluding hydrogens is 287 g/mol. The van der Waals surface area contributed by atoms with Crippen LogP contribution in [-0.2, 0) is 0 Å². The number of aromatic nitrogens is 2. The molecule has 0 saturated carbocycles. The second-order valence-corrected chi connectivity index (χ2v) is 5.14. The van der Waals surface area contributed by atoms with Crippen LogP contribution in [0.25, 0.3) is 16.7 Å². The fourth-order valence-electron chi connectivity index (χ4n) is 2.51. The van der Waals surface area contributed by atoms with Gasteiger partial charge in [-0.3, -0.25) is 4.57 Å². The summed E-state index contributed by atoms with van der Waals surface area (Å²) in [5, 5.41) is 0. The van der Waals surface area contributed by atoms with Gasteiger partial charge in [0.2, 0.25) is 0 Å². The van der Waals surface area contributed by atoms with Gasteiger partial charge in [0.25, 0.3) is 0 Å². The van der Waals surface area contributed by atoms with Crippen molar-refractivity contribution in [2.75, 3.05) is 6.61 Å². The zero-order chi connectivity index (χ0) is 15.0. The van der Waals surface area contributed by atoms with E-state index in [1.54, 1.807) is 10.6 Å². The second kappa shape index (κ2) is 5.33. The maximum atomic E-state index is 14.3. The molecule has 0 fully saturated rings.